The number of hydrogen-bond donors (Lipinski definition) is 1. The largest absolute Gasteiger partial charge is 0.312 e. The van der Waals surface area contributed by atoms with Gasteiger partial charge in [0.15, 0.2) is 0 Å². The van der Waals surface area contributed by atoms with Crippen molar-refractivity contribution in [2.45, 2.75) is 33.7 Å². The minimum Gasteiger partial charge on any atom is -0.312 e. The van der Waals surface area contributed by atoms with Crippen molar-refractivity contribution in [2.24, 2.45) is 5.92 Å². The zero-order valence-corrected chi connectivity index (χ0v) is 11.4. The van der Waals surface area contributed by atoms with E-state index in [4.69, 9.17) is 0 Å². The molecule has 0 aromatic heterocycles. The Labute approximate surface area is 101 Å². The van der Waals surface area contributed by atoms with Gasteiger partial charge in [-0.3, -0.25) is 0 Å². The van der Waals surface area contributed by atoms with Crippen molar-refractivity contribution in [2.75, 3.05) is 6.54 Å². The smallest absolute Gasteiger partial charge is 0.0205 e. The highest BCUT2D eigenvalue weighted by atomic mass is 79.9. The molecule has 1 aromatic carbocycles. The van der Waals surface area contributed by atoms with Gasteiger partial charge in [-0.1, -0.05) is 48.3 Å². The summed E-state index contributed by atoms with van der Waals surface area (Å²) in [4.78, 5) is 0. The molecule has 0 saturated carbocycles. The van der Waals surface area contributed by atoms with E-state index in [9.17, 15) is 0 Å². The van der Waals surface area contributed by atoms with Crippen molar-refractivity contribution < 1.29 is 0 Å². The maximum absolute atomic E-state index is 3.51. The van der Waals surface area contributed by atoms with Crippen LogP contribution in [0.4, 0.5) is 0 Å². The molecule has 1 rings (SSSR count). The highest BCUT2D eigenvalue weighted by molar-refractivity contribution is 9.10. The van der Waals surface area contributed by atoms with Crippen LogP contribution in [0.1, 0.15) is 31.4 Å². The molecule has 0 aliphatic carbocycles. The predicted molar refractivity (Wildman–Crippen MR) is 70.0 cm³/mol. The Balaban J connectivity index is 2.41. The second-order valence-electron chi connectivity index (χ2n) is 4.23. The molecule has 1 unspecified atom stereocenters. The minimum atomic E-state index is 0.765. The Hall–Kier alpha value is -0.340. The van der Waals surface area contributed by atoms with Gasteiger partial charge in [0.05, 0.1) is 0 Å². The molecule has 0 aliphatic heterocycles. The fourth-order valence-corrected chi connectivity index (χ4v) is 1.67. The third-order valence-corrected chi connectivity index (χ3v) is 3.63. The van der Waals surface area contributed by atoms with Gasteiger partial charge in [0, 0.05) is 11.0 Å². The molecule has 2 heteroatoms. The number of rotatable bonds is 5. The number of hydrogen-bond acceptors (Lipinski definition) is 1. The summed E-state index contributed by atoms with van der Waals surface area (Å²) in [5.74, 6) is 0.765. The first-order valence-electron chi connectivity index (χ1n) is 5.59. The summed E-state index contributed by atoms with van der Waals surface area (Å²) in [7, 11) is 0. The molecule has 0 heterocycles. The van der Waals surface area contributed by atoms with Gasteiger partial charge in [-0.15, -0.1) is 0 Å². The topological polar surface area (TPSA) is 12.0 Å². The minimum absolute atomic E-state index is 0.765. The Morgan fingerprint density at radius 1 is 1.40 bits per heavy atom. The lowest BCUT2D eigenvalue weighted by atomic mass is 10.1. The molecule has 1 N–H and O–H groups in total. The number of aryl methyl sites for hydroxylation is 1. The summed E-state index contributed by atoms with van der Waals surface area (Å²) in [6, 6.07) is 6.52. The van der Waals surface area contributed by atoms with Gasteiger partial charge in [0.1, 0.15) is 0 Å². The molecule has 0 saturated heterocycles. The number of nitrogens with one attached hydrogen (secondary N) is 1. The van der Waals surface area contributed by atoms with Crippen LogP contribution in [-0.4, -0.2) is 6.54 Å². The second-order valence-corrected chi connectivity index (χ2v) is 5.08. The average molecular weight is 270 g/mol. The second kappa shape index (κ2) is 6.29. The molecule has 0 radical (unpaired) electrons. The highest BCUT2D eigenvalue weighted by Gasteiger charge is 1.99. The van der Waals surface area contributed by atoms with Crippen LogP contribution in [0.3, 0.4) is 0 Å². The van der Waals surface area contributed by atoms with Crippen molar-refractivity contribution in [3.8, 4) is 0 Å². The monoisotopic (exact) mass is 269 g/mol. The zero-order valence-electron chi connectivity index (χ0n) is 9.81. The van der Waals surface area contributed by atoms with Crippen LogP contribution in [0.2, 0.25) is 0 Å². The lowest BCUT2D eigenvalue weighted by Gasteiger charge is -2.10. The van der Waals surface area contributed by atoms with Crippen molar-refractivity contribution in [3.05, 3.63) is 33.8 Å². The van der Waals surface area contributed by atoms with Gasteiger partial charge in [0.2, 0.25) is 0 Å². The fourth-order valence-electron chi connectivity index (χ4n) is 1.42. The summed E-state index contributed by atoms with van der Waals surface area (Å²) in [6.45, 7) is 8.71. The quantitative estimate of drug-likeness (QED) is 0.855. The predicted octanol–water partition coefficient (Wildman–Crippen LogP) is 3.89. The lowest BCUT2D eigenvalue weighted by Crippen LogP contribution is -2.20. The molecule has 1 nitrogen and oxygen atoms in total. The van der Waals surface area contributed by atoms with Crippen LogP contribution < -0.4 is 5.32 Å². The maximum atomic E-state index is 3.51. The normalized spacial score (nSPS) is 12.8. The lowest BCUT2D eigenvalue weighted by molar-refractivity contribution is 0.500. The molecule has 0 spiro atoms. The molecular weight excluding hydrogens is 250 g/mol. The summed E-state index contributed by atoms with van der Waals surface area (Å²) in [5.41, 5.74) is 2.66. The average Bonchev–Trinajstić information content (AvgIpc) is 2.23. The van der Waals surface area contributed by atoms with Crippen LogP contribution in [-0.2, 0) is 6.54 Å². The molecule has 84 valence electrons. The highest BCUT2D eigenvalue weighted by Crippen LogP contribution is 2.16. The van der Waals surface area contributed by atoms with E-state index in [-0.39, 0.29) is 0 Å². The van der Waals surface area contributed by atoms with Crippen molar-refractivity contribution in [1.82, 2.24) is 5.32 Å². The van der Waals surface area contributed by atoms with E-state index < -0.39 is 0 Å². The number of benzene rings is 1. The van der Waals surface area contributed by atoms with Gasteiger partial charge in [-0.2, -0.15) is 0 Å². The first kappa shape index (κ1) is 12.7. The molecule has 0 amide bonds. The first-order chi connectivity index (χ1) is 7.13. The van der Waals surface area contributed by atoms with E-state index in [1.54, 1.807) is 0 Å². The zero-order chi connectivity index (χ0) is 11.3. The Morgan fingerprint density at radius 2 is 2.13 bits per heavy atom. The Bertz CT molecular complexity index is 309. The van der Waals surface area contributed by atoms with Crippen LogP contribution in [0, 0.1) is 12.8 Å². The molecule has 1 aromatic rings. The van der Waals surface area contributed by atoms with Gasteiger partial charge >= 0.3 is 0 Å². The summed E-state index contributed by atoms with van der Waals surface area (Å²) >= 11 is 3.51. The summed E-state index contributed by atoms with van der Waals surface area (Å²) < 4.78 is 1.19. The summed E-state index contributed by atoms with van der Waals surface area (Å²) in [5, 5.41) is 3.48. The van der Waals surface area contributed by atoms with E-state index in [1.807, 2.05) is 0 Å². The molecular formula is C13H20BrN. The number of halogens is 1. The van der Waals surface area contributed by atoms with Gasteiger partial charge in [-0.05, 0) is 36.6 Å². The van der Waals surface area contributed by atoms with E-state index in [0.29, 0.717) is 0 Å². The van der Waals surface area contributed by atoms with E-state index in [1.165, 1.54) is 22.0 Å². The van der Waals surface area contributed by atoms with Gasteiger partial charge < -0.3 is 5.32 Å². The van der Waals surface area contributed by atoms with Gasteiger partial charge in [-0.25, -0.2) is 0 Å². The molecule has 0 fully saturated rings. The van der Waals surface area contributed by atoms with Crippen molar-refractivity contribution in [1.29, 1.82) is 0 Å². The maximum Gasteiger partial charge on any atom is 0.0205 e. The van der Waals surface area contributed by atoms with Crippen LogP contribution in [0.5, 0.6) is 0 Å². The van der Waals surface area contributed by atoms with E-state index >= 15 is 0 Å². The third kappa shape index (κ3) is 4.35. The van der Waals surface area contributed by atoms with E-state index in [0.717, 1.165) is 19.0 Å². The molecule has 0 aliphatic rings. The summed E-state index contributed by atoms with van der Waals surface area (Å²) in [6.07, 6.45) is 1.24. The van der Waals surface area contributed by atoms with Crippen LogP contribution in [0.15, 0.2) is 22.7 Å². The third-order valence-electron chi connectivity index (χ3n) is 2.74. The van der Waals surface area contributed by atoms with E-state index in [2.05, 4.69) is 60.2 Å². The molecule has 15 heavy (non-hydrogen) atoms. The SMILES string of the molecule is CCC(C)CNCc1ccc(Br)c(C)c1. The van der Waals surface area contributed by atoms with Crippen LogP contribution >= 0.6 is 15.9 Å². The Morgan fingerprint density at radius 3 is 2.73 bits per heavy atom. The molecule has 0 bridgehead atoms. The Kier molecular flexibility index (Phi) is 5.34. The molecule has 1 atom stereocenters. The van der Waals surface area contributed by atoms with Crippen molar-refractivity contribution >= 4 is 15.9 Å². The first-order valence-corrected chi connectivity index (χ1v) is 6.38. The fraction of sp³-hybridized carbons (Fsp3) is 0.538. The van der Waals surface area contributed by atoms with Crippen molar-refractivity contribution in [3.63, 3.8) is 0 Å². The van der Waals surface area contributed by atoms with Crippen LogP contribution in [0.25, 0.3) is 0 Å². The standard InChI is InChI=1S/C13H20BrN/c1-4-10(2)8-15-9-12-5-6-13(14)11(3)7-12/h5-7,10,15H,4,8-9H2,1-3H3. The van der Waals surface area contributed by atoms with Gasteiger partial charge in [0.25, 0.3) is 0 Å².